The van der Waals surface area contributed by atoms with Gasteiger partial charge in [0.2, 0.25) is 0 Å². The minimum atomic E-state index is 0.655. The van der Waals surface area contributed by atoms with E-state index >= 15 is 0 Å². The van der Waals surface area contributed by atoms with Gasteiger partial charge in [0.15, 0.2) is 0 Å². The second kappa shape index (κ2) is 8.23. The molecule has 0 spiro atoms. The van der Waals surface area contributed by atoms with Crippen molar-refractivity contribution in [3.63, 3.8) is 0 Å². The van der Waals surface area contributed by atoms with Crippen molar-refractivity contribution in [1.29, 1.82) is 5.26 Å². The molecule has 1 heterocycles. The van der Waals surface area contributed by atoms with Crippen molar-refractivity contribution >= 4 is 70.1 Å². The number of para-hydroxylation sites is 1. The van der Waals surface area contributed by atoms with Gasteiger partial charge in [-0.25, -0.2) is 0 Å². The van der Waals surface area contributed by atoms with E-state index < -0.39 is 0 Å². The summed E-state index contributed by atoms with van der Waals surface area (Å²) in [4.78, 5) is 2.30. The highest BCUT2D eigenvalue weighted by atomic mass is 32.1. The molecule has 0 aliphatic carbocycles. The minimum Gasteiger partial charge on any atom is -0.310 e. The fourth-order valence-corrected chi connectivity index (χ4v) is 6.39. The Hall–Kier alpha value is -4.65. The van der Waals surface area contributed by atoms with Crippen molar-refractivity contribution < 1.29 is 0 Å². The first-order valence-corrected chi connectivity index (χ1v) is 12.7. The van der Waals surface area contributed by atoms with Crippen molar-refractivity contribution in [3.8, 4) is 6.07 Å². The first kappa shape index (κ1) is 20.7. The molecule has 168 valence electrons. The van der Waals surface area contributed by atoms with E-state index in [0.29, 0.717) is 5.56 Å². The molecule has 7 aromatic rings. The van der Waals surface area contributed by atoms with Crippen LogP contribution in [0.5, 0.6) is 0 Å². The maximum absolute atomic E-state index is 9.35. The predicted octanol–water partition coefficient (Wildman–Crippen LogP) is 9.70. The molecule has 7 rings (SSSR count). The average Bonchev–Trinajstić information content (AvgIpc) is 3.30. The summed E-state index contributed by atoms with van der Waals surface area (Å²) in [6.45, 7) is 0. The molecule has 1 aromatic heterocycles. The van der Waals surface area contributed by atoms with E-state index in [9.17, 15) is 5.26 Å². The quantitative estimate of drug-likeness (QED) is 0.254. The molecule has 0 fully saturated rings. The van der Waals surface area contributed by atoms with Gasteiger partial charge in [0.1, 0.15) is 0 Å². The van der Waals surface area contributed by atoms with E-state index in [1.165, 1.54) is 41.7 Å². The molecule has 0 N–H and O–H groups in total. The monoisotopic (exact) mass is 476 g/mol. The van der Waals surface area contributed by atoms with Crippen LogP contribution in [0.15, 0.2) is 121 Å². The highest BCUT2D eigenvalue weighted by Crippen LogP contribution is 2.46. The molecule has 6 aromatic carbocycles. The van der Waals surface area contributed by atoms with E-state index in [4.69, 9.17) is 0 Å². The molecule has 0 radical (unpaired) electrons. The maximum Gasteiger partial charge on any atom is 0.0991 e. The number of nitriles is 1. The largest absolute Gasteiger partial charge is 0.310 e. The molecular formula is C33H20N2S. The zero-order chi connectivity index (χ0) is 24.1. The van der Waals surface area contributed by atoms with Crippen LogP contribution < -0.4 is 4.90 Å². The highest BCUT2D eigenvalue weighted by molar-refractivity contribution is 7.26. The van der Waals surface area contributed by atoms with E-state index in [-0.39, 0.29) is 0 Å². The normalized spacial score (nSPS) is 11.3. The molecule has 0 atom stereocenters. The van der Waals surface area contributed by atoms with Crippen LogP contribution in [0.3, 0.4) is 0 Å². The number of fused-ring (bicyclic) bond motifs is 6. The predicted molar refractivity (Wildman–Crippen MR) is 154 cm³/mol. The van der Waals surface area contributed by atoms with Crippen molar-refractivity contribution in [1.82, 2.24) is 0 Å². The van der Waals surface area contributed by atoms with Gasteiger partial charge < -0.3 is 4.90 Å². The summed E-state index contributed by atoms with van der Waals surface area (Å²) in [7, 11) is 0. The van der Waals surface area contributed by atoms with E-state index in [2.05, 4.69) is 102 Å². The zero-order valence-corrected chi connectivity index (χ0v) is 20.2. The number of thiophene rings is 1. The summed E-state index contributed by atoms with van der Waals surface area (Å²) in [5.41, 5.74) is 3.89. The number of hydrogen-bond acceptors (Lipinski definition) is 3. The summed E-state index contributed by atoms with van der Waals surface area (Å²) < 4.78 is 2.61. The summed E-state index contributed by atoms with van der Waals surface area (Å²) >= 11 is 1.87. The van der Waals surface area contributed by atoms with Crippen LogP contribution in [-0.4, -0.2) is 0 Å². The molecule has 0 bridgehead atoms. The van der Waals surface area contributed by atoms with Crippen LogP contribution in [0.1, 0.15) is 5.56 Å². The van der Waals surface area contributed by atoms with Gasteiger partial charge in [0.25, 0.3) is 0 Å². The third-order valence-corrected chi connectivity index (χ3v) is 8.03. The highest BCUT2D eigenvalue weighted by Gasteiger charge is 2.19. The van der Waals surface area contributed by atoms with Gasteiger partial charge in [-0.1, -0.05) is 66.7 Å². The molecule has 0 aliphatic heterocycles. The van der Waals surface area contributed by atoms with Crippen LogP contribution in [0, 0.1) is 11.3 Å². The second-order valence-electron chi connectivity index (χ2n) is 8.95. The fraction of sp³-hybridized carbons (Fsp3) is 0. The Morgan fingerprint density at radius 3 is 1.94 bits per heavy atom. The Labute approximate surface area is 212 Å². The molecule has 3 heteroatoms. The van der Waals surface area contributed by atoms with Crippen LogP contribution in [-0.2, 0) is 0 Å². The third kappa shape index (κ3) is 3.24. The number of nitrogens with zero attached hydrogens (tertiary/aromatic N) is 2. The number of hydrogen-bond donors (Lipinski definition) is 0. The Morgan fingerprint density at radius 1 is 0.556 bits per heavy atom. The average molecular weight is 477 g/mol. The van der Waals surface area contributed by atoms with Gasteiger partial charge in [-0.3, -0.25) is 0 Å². The Morgan fingerprint density at radius 2 is 1.19 bits per heavy atom. The van der Waals surface area contributed by atoms with Crippen LogP contribution in [0.4, 0.5) is 17.1 Å². The summed E-state index contributed by atoms with van der Waals surface area (Å²) in [5.74, 6) is 0. The SMILES string of the molecule is N#Cc1ccc(N(c2ccccc2)c2cc3c4cc5ccccc5cc4sc3c3ccccc23)cc1. The van der Waals surface area contributed by atoms with E-state index in [1.54, 1.807) is 0 Å². The first-order valence-electron chi connectivity index (χ1n) is 11.9. The lowest BCUT2D eigenvalue weighted by molar-refractivity contribution is 1.30. The lowest BCUT2D eigenvalue weighted by atomic mass is 10.0. The fourth-order valence-electron chi connectivity index (χ4n) is 5.14. The molecule has 0 unspecified atom stereocenters. The summed E-state index contributed by atoms with van der Waals surface area (Å²) in [6, 6.07) is 44.8. The molecule has 0 amide bonds. The van der Waals surface area contributed by atoms with Gasteiger partial charge >= 0.3 is 0 Å². The lowest BCUT2D eigenvalue weighted by Gasteiger charge is -2.27. The van der Waals surface area contributed by atoms with Gasteiger partial charge in [-0.15, -0.1) is 11.3 Å². The van der Waals surface area contributed by atoms with Crippen molar-refractivity contribution in [2.24, 2.45) is 0 Å². The van der Waals surface area contributed by atoms with Crippen LogP contribution >= 0.6 is 11.3 Å². The topological polar surface area (TPSA) is 27.0 Å². The number of rotatable bonds is 3. The molecule has 0 aliphatic rings. The van der Waals surface area contributed by atoms with Crippen molar-refractivity contribution in [2.75, 3.05) is 4.90 Å². The Bertz CT molecular complexity index is 1940. The van der Waals surface area contributed by atoms with Gasteiger partial charge in [-0.2, -0.15) is 5.26 Å². The Balaban J connectivity index is 1.59. The minimum absolute atomic E-state index is 0.655. The lowest BCUT2D eigenvalue weighted by Crippen LogP contribution is -2.10. The zero-order valence-electron chi connectivity index (χ0n) is 19.3. The standard InChI is InChI=1S/C33H20N2S/c34-21-22-14-16-26(17-15-22)35(25-10-2-1-3-11-25)31-20-30-29-18-23-8-4-5-9-24(23)19-32(29)36-33(30)28-13-7-6-12-27(28)31/h1-20H. The molecular weight excluding hydrogens is 456 g/mol. The first-order chi connectivity index (χ1) is 17.8. The van der Waals surface area contributed by atoms with E-state index in [0.717, 1.165) is 17.1 Å². The van der Waals surface area contributed by atoms with Crippen LogP contribution in [0.2, 0.25) is 0 Å². The number of benzene rings is 6. The molecule has 0 saturated carbocycles. The Kier molecular flexibility index (Phi) is 4.73. The van der Waals surface area contributed by atoms with Crippen molar-refractivity contribution in [3.05, 3.63) is 127 Å². The maximum atomic E-state index is 9.35. The van der Waals surface area contributed by atoms with Crippen molar-refractivity contribution in [2.45, 2.75) is 0 Å². The van der Waals surface area contributed by atoms with Gasteiger partial charge in [0, 0.05) is 42.3 Å². The molecule has 36 heavy (non-hydrogen) atoms. The smallest absolute Gasteiger partial charge is 0.0991 e. The van der Waals surface area contributed by atoms with Gasteiger partial charge in [0.05, 0.1) is 17.3 Å². The third-order valence-electron chi connectivity index (χ3n) is 6.83. The second-order valence-corrected chi connectivity index (χ2v) is 10.00. The van der Waals surface area contributed by atoms with Crippen LogP contribution in [0.25, 0.3) is 41.7 Å². The van der Waals surface area contributed by atoms with E-state index in [1.807, 2.05) is 41.7 Å². The summed E-state index contributed by atoms with van der Waals surface area (Å²) in [6.07, 6.45) is 0. The van der Waals surface area contributed by atoms with Gasteiger partial charge in [-0.05, 0) is 65.4 Å². The molecule has 0 saturated heterocycles. The molecule has 2 nitrogen and oxygen atoms in total. The summed E-state index contributed by atoms with van der Waals surface area (Å²) in [5, 5.41) is 16.9. The number of anilines is 3.